The molecule has 0 radical (unpaired) electrons. The van der Waals surface area contributed by atoms with E-state index in [1.54, 1.807) is 53.6 Å². The second kappa shape index (κ2) is 12.3. The second-order valence-corrected chi connectivity index (χ2v) is 11.7. The number of piperazine rings is 1. The molecule has 1 amide bonds. The Labute approximate surface area is 243 Å². The van der Waals surface area contributed by atoms with Crippen molar-refractivity contribution < 1.29 is 17.9 Å². The third-order valence-corrected chi connectivity index (χ3v) is 8.55. The molecule has 1 saturated heterocycles. The highest BCUT2D eigenvalue weighted by atomic mass is 35.5. The third-order valence-electron chi connectivity index (χ3n) is 6.43. The molecule has 0 spiro atoms. The van der Waals surface area contributed by atoms with E-state index in [1.165, 1.54) is 24.3 Å². The molecule has 4 aromatic rings. The summed E-state index contributed by atoms with van der Waals surface area (Å²) in [5.74, 6) is 0.565. The highest BCUT2D eigenvalue weighted by Crippen LogP contribution is 2.34. The van der Waals surface area contributed by atoms with Crippen molar-refractivity contribution in [3.05, 3.63) is 112 Å². The molecule has 3 aromatic carbocycles. The van der Waals surface area contributed by atoms with Crippen LogP contribution in [0.4, 0.5) is 5.69 Å². The van der Waals surface area contributed by atoms with Gasteiger partial charge < -0.3 is 9.64 Å². The van der Waals surface area contributed by atoms with Crippen LogP contribution in [0.3, 0.4) is 0 Å². The maximum Gasteiger partial charge on any atom is 0.262 e. The molecule has 5 rings (SSSR count). The highest BCUT2D eigenvalue weighted by molar-refractivity contribution is 7.92. The molecular formula is C29H26Cl2N4O4S. The molecule has 206 valence electrons. The molecule has 1 aliphatic heterocycles. The van der Waals surface area contributed by atoms with Crippen LogP contribution in [0.1, 0.15) is 16.1 Å². The number of ether oxygens (including phenoxy) is 1. The Bertz CT molecular complexity index is 1590. The van der Waals surface area contributed by atoms with Crippen LogP contribution in [0.2, 0.25) is 10.0 Å². The summed E-state index contributed by atoms with van der Waals surface area (Å²) in [6.07, 6.45) is 1.78. The summed E-state index contributed by atoms with van der Waals surface area (Å²) in [5, 5.41) is 0.700. The predicted octanol–water partition coefficient (Wildman–Crippen LogP) is 5.94. The molecule has 0 saturated carbocycles. The number of sulfonamides is 1. The molecule has 1 aliphatic rings. The summed E-state index contributed by atoms with van der Waals surface area (Å²) in [5.41, 5.74) is 1.68. The van der Waals surface area contributed by atoms with Gasteiger partial charge in [-0.3, -0.25) is 19.4 Å². The van der Waals surface area contributed by atoms with Gasteiger partial charge >= 0.3 is 0 Å². The number of para-hydroxylation sites is 2. The van der Waals surface area contributed by atoms with E-state index < -0.39 is 10.0 Å². The van der Waals surface area contributed by atoms with Gasteiger partial charge in [-0.1, -0.05) is 41.4 Å². The van der Waals surface area contributed by atoms with Crippen molar-refractivity contribution in [2.24, 2.45) is 0 Å². The fourth-order valence-electron chi connectivity index (χ4n) is 4.30. The molecule has 0 unspecified atom stereocenters. The first kappa shape index (κ1) is 27.9. The molecule has 1 N–H and O–H groups in total. The fourth-order valence-corrected chi connectivity index (χ4v) is 5.66. The van der Waals surface area contributed by atoms with Crippen LogP contribution in [-0.2, 0) is 16.6 Å². The first-order valence-corrected chi connectivity index (χ1v) is 14.8. The van der Waals surface area contributed by atoms with E-state index >= 15 is 0 Å². The van der Waals surface area contributed by atoms with Gasteiger partial charge in [-0.2, -0.15) is 0 Å². The van der Waals surface area contributed by atoms with Crippen LogP contribution in [0.5, 0.6) is 11.5 Å². The smallest absolute Gasteiger partial charge is 0.262 e. The first-order chi connectivity index (χ1) is 19.3. The number of carbonyl (C=O) groups excluding carboxylic acids is 1. The van der Waals surface area contributed by atoms with Crippen molar-refractivity contribution in [2.75, 3.05) is 30.9 Å². The number of rotatable bonds is 8. The Morgan fingerprint density at radius 2 is 1.60 bits per heavy atom. The Hall–Kier alpha value is -3.63. The average molecular weight is 598 g/mol. The lowest BCUT2D eigenvalue weighted by molar-refractivity contribution is 0.0627. The second-order valence-electron chi connectivity index (χ2n) is 9.19. The van der Waals surface area contributed by atoms with Crippen molar-refractivity contribution in [3.63, 3.8) is 0 Å². The number of nitrogens with one attached hydrogen (secondary N) is 1. The monoisotopic (exact) mass is 596 g/mol. The molecule has 1 aromatic heterocycles. The highest BCUT2D eigenvalue weighted by Gasteiger charge is 2.23. The molecule has 1 fully saturated rings. The molecule has 8 nitrogen and oxygen atoms in total. The number of halogens is 2. The molecule has 11 heteroatoms. The van der Waals surface area contributed by atoms with Crippen LogP contribution in [0.15, 0.2) is 96.0 Å². The van der Waals surface area contributed by atoms with Crippen molar-refractivity contribution in [1.82, 2.24) is 14.8 Å². The quantitative estimate of drug-likeness (QED) is 0.271. The number of anilines is 1. The van der Waals surface area contributed by atoms with Crippen molar-refractivity contribution in [3.8, 4) is 11.5 Å². The van der Waals surface area contributed by atoms with Crippen LogP contribution in [0.25, 0.3) is 0 Å². The summed E-state index contributed by atoms with van der Waals surface area (Å²) < 4.78 is 34.8. The van der Waals surface area contributed by atoms with Gasteiger partial charge in [-0.25, -0.2) is 8.42 Å². The molecule has 0 aliphatic carbocycles. The van der Waals surface area contributed by atoms with Gasteiger partial charge in [0.05, 0.1) is 26.3 Å². The van der Waals surface area contributed by atoms with Crippen LogP contribution >= 0.6 is 23.2 Å². The minimum Gasteiger partial charge on any atom is -0.455 e. The summed E-state index contributed by atoms with van der Waals surface area (Å²) in [6, 6.07) is 23.2. The summed E-state index contributed by atoms with van der Waals surface area (Å²) in [4.78, 5) is 21.5. The van der Waals surface area contributed by atoms with Crippen LogP contribution in [-0.4, -0.2) is 55.3 Å². The standard InChI is InChI=1S/C29H26Cl2N4O4S/c30-25-13-10-23(19-26(25)31)39-28-7-2-1-6-27(28)33-40(37,38)24-11-8-21(9-12-24)29(36)35-17-15-34(16-18-35)20-22-5-3-4-14-32-22/h1-14,19,33H,15-18,20H2. The Balaban J connectivity index is 1.22. The number of aromatic nitrogens is 1. The summed E-state index contributed by atoms with van der Waals surface area (Å²) in [6.45, 7) is 3.39. The van der Waals surface area contributed by atoms with Gasteiger partial charge in [0.1, 0.15) is 5.75 Å². The number of benzene rings is 3. The lowest BCUT2D eigenvalue weighted by Crippen LogP contribution is -2.48. The average Bonchev–Trinajstić information content (AvgIpc) is 2.96. The molecule has 2 heterocycles. The zero-order chi connectivity index (χ0) is 28.1. The molecule has 0 bridgehead atoms. The summed E-state index contributed by atoms with van der Waals surface area (Å²) in [7, 11) is -3.96. The number of pyridine rings is 1. The topological polar surface area (TPSA) is 91.8 Å². The van der Waals surface area contributed by atoms with E-state index in [9.17, 15) is 13.2 Å². The van der Waals surface area contributed by atoms with E-state index in [-0.39, 0.29) is 16.5 Å². The number of hydrogen-bond acceptors (Lipinski definition) is 6. The van der Waals surface area contributed by atoms with E-state index in [0.717, 1.165) is 25.3 Å². The number of hydrogen-bond donors (Lipinski definition) is 1. The van der Waals surface area contributed by atoms with Crippen molar-refractivity contribution >= 4 is 44.8 Å². The van der Waals surface area contributed by atoms with E-state index in [2.05, 4.69) is 14.6 Å². The zero-order valence-electron chi connectivity index (χ0n) is 21.3. The van der Waals surface area contributed by atoms with Crippen molar-refractivity contribution in [2.45, 2.75) is 11.4 Å². The van der Waals surface area contributed by atoms with Gasteiger partial charge in [-0.05, 0) is 60.7 Å². The van der Waals surface area contributed by atoms with Crippen molar-refractivity contribution in [1.29, 1.82) is 0 Å². The number of carbonyl (C=O) groups is 1. The van der Waals surface area contributed by atoms with E-state index in [0.29, 0.717) is 40.2 Å². The first-order valence-electron chi connectivity index (χ1n) is 12.5. The minimum absolute atomic E-state index is 0.0218. The number of amides is 1. The van der Waals surface area contributed by atoms with E-state index in [1.807, 2.05) is 18.2 Å². The predicted molar refractivity (Wildman–Crippen MR) is 156 cm³/mol. The van der Waals surface area contributed by atoms with Gasteiger partial charge in [0.25, 0.3) is 15.9 Å². The fraction of sp³-hybridized carbons (Fsp3) is 0.172. The Morgan fingerprint density at radius 1 is 0.875 bits per heavy atom. The Morgan fingerprint density at radius 3 is 2.30 bits per heavy atom. The van der Waals surface area contributed by atoms with Gasteiger partial charge in [0.2, 0.25) is 0 Å². The molecule has 0 atom stereocenters. The van der Waals surface area contributed by atoms with E-state index in [4.69, 9.17) is 27.9 Å². The maximum atomic E-state index is 13.2. The zero-order valence-corrected chi connectivity index (χ0v) is 23.7. The molecular weight excluding hydrogens is 571 g/mol. The number of nitrogens with zero attached hydrogens (tertiary/aromatic N) is 3. The lowest BCUT2D eigenvalue weighted by Gasteiger charge is -2.34. The summed E-state index contributed by atoms with van der Waals surface area (Å²) >= 11 is 12.0. The van der Waals surface area contributed by atoms with Crippen LogP contribution in [0, 0.1) is 0 Å². The maximum absolute atomic E-state index is 13.2. The minimum atomic E-state index is -3.96. The third kappa shape index (κ3) is 6.74. The lowest BCUT2D eigenvalue weighted by atomic mass is 10.2. The largest absolute Gasteiger partial charge is 0.455 e. The van der Waals surface area contributed by atoms with Crippen LogP contribution < -0.4 is 9.46 Å². The molecule has 40 heavy (non-hydrogen) atoms. The SMILES string of the molecule is O=C(c1ccc(S(=O)(=O)Nc2ccccc2Oc2ccc(Cl)c(Cl)c2)cc1)N1CCN(Cc2ccccn2)CC1. The van der Waals surface area contributed by atoms with Gasteiger partial charge in [0.15, 0.2) is 5.75 Å². The Kier molecular flexibility index (Phi) is 8.56. The van der Waals surface area contributed by atoms with Gasteiger partial charge in [-0.15, -0.1) is 0 Å². The van der Waals surface area contributed by atoms with Gasteiger partial charge in [0, 0.05) is 50.6 Å². The normalized spacial score (nSPS) is 14.1.